The molecule has 0 radical (unpaired) electrons. The average molecular weight is 380 g/mol. The van der Waals surface area contributed by atoms with Crippen molar-refractivity contribution >= 4 is 44.3 Å². The van der Waals surface area contributed by atoms with Crippen molar-refractivity contribution in [2.24, 2.45) is 0 Å². The maximum absolute atomic E-state index is 11.6. The van der Waals surface area contributed by atoms with Gasteiger partial charge in [0, 0.05) is 3.57 Å². The normalized spacial score (nSPS) is 9.47. The summed E-state index contributed by atoms with van der Waals surface area (Å²) in [6.07, 6.45) is 0. The Morgan fingerprint density at radius 2 is 2.33 bits per heavy atom. The van der Waals surface area contributed by atoms with Crippen molar-refractivity contribution in [2.75, 3.05) is 12.4 Å². The van der Waals surface area contributed by atoms with Crippen molar-refractivity contribution < 1.29 is 9.53 Å². The van der Waals surface area contributed by atoms with Crippen LogP contribution in [0.25, 0.3) is 0 Å². The van der Waals surface area contributed by atoms with Gasteiger partial charge in [-0.15, -0.1) is 0 Å². The van der Waals surface area contributed by atoms with Crippen molar-refractivity contribution in [1.82, 2.24) is 0 Å². The molecule has 0 fully saturated rings. The Hall–Kier alpha value is -0.610. The van der Waals surface area contributed by atoms with Crippen molar-refractivity contribution in [1.29, 1.82) is 5.26 Å². The standard InChI is InChI=1S/C10H7BrINO2/c1-15-10-6(5-13)2-7(12)3-8(10)9(14)4-11/h2-3H,4H2,1H3. The van der Waals surface area contributed by atoms with Crippen LogP contribution in [0.3, 0.4) is 0 Å². The molecule has 0 amide bonds. The van der Waals surface area contributed by atoms with Crippen LogP contribution in [0.1, 0.15) is 15.9 Å². The number of carbonyl (C=O) groups excluding carboxylic acids is 1. The maximum atomic E-state index is 11.6. The first kappa shape index (κ1) is 12.5. The van der Waals surface area contributed by atoms with E-state index in [0.717, 1.165) is 3.57 Å². The summed E-state index contributed by atoms with van der Waals surface area (Å²) in [6.45, 7) is 0. The molecule has 1 aromatic carbocycles. The second-order valence-electron chi connectivity index (χ2n) is 2.70. The van der Waals surface area contributed by atoms with Crippen LogP contribution >= 0.6 is 38.5 Å². The van der Waals surface area contributed by atoms with E-state index in [1.165, 1.54) is 7.11 Å². The van der Waals surface area contributed by atoms with Gasteiger partial charge in [-0.1, -0.05) is 15.9 Å². The minimum absolute atomic E-state index is 0.0955. The van der Waals surface area contributed by atoms with E-state index in [9.17, 15) is 4.79 Å². The maximum Gasteiger partial charge on any atom is 0.177 e. The molecule has 0 heterocycles. The summed E-state index contributed by atoms with van der Waals surface area (Å²) in [5, 5.41) is 9.11. The number of nitriles is 1. The smallest absolute Gasteiger partial charge is 0.177 e. The third-order valence-electron chi connectivity index (χ3n) is 1.80. The molecule has 15 heavy (non-hydrogen) atoms. The molecule has 0 atom stereocenters. The monoisotopic (exact) mass is 379 g/mol. The van der Waals surface area contributed by atoms with Gasteiger partial charge in [-0.3, -0.25) is 4.79 Å². The van der Waals surface area contributed by atoms with Crippen LogP contribution in [0.4, 0.5) is 0 Å². The minimum Gasteiger partial charge on any atom is -0.495 e. The van der Waals surface area contributed by atoms with E-state index >= 15 is 0 Å². The van der Waals surface area contributed by atoms with Crippen LogP contribution in [-0.4, -0.2) is 18.2 Å². The summed E-state index contributed by atoms with van der Waals surface area (Å²) in [5.41, 5.74) is 0.825. The van der Waals surface area contributed by atoms with Gasteiger partial charge >= 0.3 is 0 Å². The summed E-state index contributed by atoms with van der Waals surface area (Å²) in [5.74, 6) is 0.254. The zero-order chi connectivity index (χ0) is 11.4. The average Bonchev–Trinajstić information content (AvgIpc) is 2.26. The third kappa shape index (κ3) is 2.69. The number of nitrogens with zero attached hydrogens (tertiary/aromatic N) is 1. The van der Waals surface area contributed by atoms with Crippen LogP contribution in [0.2, 0.25) is 0 Å². The van der Waals surface area contributed by atoms with Gasteiger partial charge in [0.05, 0.1) is 23.6 Å². The van der Waals surface area contributed by atoms with E-state index in [4.69, 9.17) is 10.00 Å². The van der Waals surface area contributed by atoms with Gasteiger partial charge in [-0.2, -0.15) is 5.26 Å². The number of hydrogen-bond acceptors (Lipinski definition) is 3. The van der Waals surface area contributed by atoms with Gasteiger partial charge in [0.25, 0.3) is 0 Å². The lowest BCUT2D eigenvalue weighted by Gasteiger charge is -2.08. The highest BCUT2D eigenvalue weighted by Gasteiger charge is 2.16. The quantitative estimate of drug-likeness (QED) is 0.461. The van der Waals surface area contributed by atoms with Crippen LogP contribution in [-0.2, 0) is 0 Å². The topological polar surface area (TPSA) is 50.1 Å². The second kappa shape index (κ2) is 5.47. The fourth-order valence-corrected chi connectivity index (χ4v) is 2.10. The summed E-state index contributed by atoms with van der Waals surface area (Å²) >= 11 is 5.16. The molecule has 0 bridgehead atoms. The van der Waals surface area contributed by atoms with E-state index in [1.54, 1.807) is 12.1 Å². The predicted molar refractivity (Wildman–Crippen MR) is 68.6 cm³/mol. The summed E-state index contributed by atoms with van der Waals surface area (Å²) in [7, 11) is 1.45. The zero-order valence-electron chi connectivity index (χ0n) is 7.88. The Kier molecular flexibility index (Phi) is 4.54. The lowest BCUT2D eigenvalue weighted by atomic mass is 10.1. The summed E-state index contributed by atoms with van der Waals surface area (Å²) in [4.78, 5) is 11.6. The zero-order valence-corrected chi connectivity index (χ0v) is 11.6. The van der Waals surface area contributed by atoms with Crippen molar-refractivity contribution in [3.8, 4) is 11.8 Å². The Morgan fingerprint density at radius 3 is 2.80 bits per heavy atom. The Balaban J connectivity index is 3.43. The molecule has 0 aliphatic carbocycles. The van der Waals surface area contributed by atoms with Gasteiger partial charge in [-0.05, 0) is 34.7 Å². The number of methoxy groups -OCH3 is 1. The molecule has 3 nitrogen and oxygen atoms in total. The number of alkyl halides is 1. The Bertz CT molecular complexity index is 440. The SMILES string of the molecule is COc1c(C#N)cc(I)cc1C(=O)CBr. The molecule has 0 aliphatic rings. The van der Waals surface area contributed by atoms with Crippen LogP contribution in [0.15, 0.2) is 12.1 Å². The Labute approximate surface area is 110 Å². The molecule has 0 N–H and O–H groups in total. The van der Waals surface area contributed by atoms with Gasteiger partial charge in [0.1, 0.15) is 11.8 Å². The molecule has 0 spiro atoms. The predicted octanol–water partition coefficient (Wildman–Crippen LogP) is 2.75. The molecule has 0 saturated heterocycles. The van der Waals surface area contributed by atoms with E-state index in [-0.39, 0.29) is 11.1 Å². The molecule has 1 aromatic rings. The number of ether oxygens (including phenoxy) is 1. The molecule has 0 aromatic heterocycles. The van der Waals surface area contributed by atoms with E-state index in [1.807, 2.05) is 6.07 Å². The highest BCUT2D eigenvalue weighted by Crippen LogP contribution is 2.26. The van der Waals surface area contributed by atoms with Crippen LogP contribution in [0, 0.1) is 14.9 Å². The third-order valence-corrected chi connectivity index (χ3v) is 2.93. The summed E-state index contributed by atoms with van der Waals surface area (Å²) in [6, 6.07) is 5.41. The number of rotatable bonds is 3. The lowest BCUT2D eigenvalue weighted by Crippen LogP contribution is -2.05. The van der Waals surface area contributed by atoms with Gasteiger partial charge in [0.2, 0.25) is 0 Å². The van der Waals surface area contributed by atoms with Gasteiger partial charge in [0.15, 0.2) is 5.78 Å². The highest BCUT2D eigenvalue weighted by molar-refractivity contribution is 14.1. The van der Waals surface area contributed by atoms with E-state index < -0.39 is 0 Å². The minimum atomic E-state index is -0.0955. The number of halogens is 2. The molecule has 0 unspecified atom stereocenters. The molecular formula is C10H7BrINO2. The molecule has 5 heteroatoms. The molecule has 78 valence electrons. The largest absolute Gasteiger partial charge is 0.495 e. The molecular weight excluding hydrogens is 373 g/mol. The number of ketones is 1. The first-order chi connectivity index (χ1) is 7.13. The number of benzene rings is 1. The van der Waals surface area contributed by atoms with Crippen molar-refractivity contribution in [3.05, 3.63) is 26.8 Å². The lowest BCUT2D eigenvalue weighted by molar-refractivity contribution is 0.102. The number of hydrogen-bond donors (Lipinski definition) is 0. The highest BCUT2D eigenvalue weighted by atomic mass is 127. The first-order valence-corrected chi connectivity index (χ1v) is 6.20. The van der Waals surface area contributed by atoms with Gasteiger partial charge in [-0.25, -0.2) is 0 Å². The van der Waals surface area contributed by atoms with Crippen LogP contribution in [0.5, 0.6) is 5.75 Å². The van der Waals surface area contributed by atoms with E-state index in [0.29, 0.717) is 16.9 Å². The van der Waals surface area contributed by atoms with Crippen molar-refractivity contribution in [3.63, 3.8) is 0 Å². The fraction of sp³-hybridized carbons (Fsp3) is 0.200. The second-order valence-corrected chi connectivity index (χ2v) is 4.51. The molecule has 1 rings (SSSR count). The van der Waals surface area contributed by atoms with E-state index in [2.05, 4.69) is 38.5 Å². The number of carbonyl (C=O) groups is 1. The van der Waals surface area contributed by atoms with Gasteiger partial charge < -0.3 is 4.74 Å². The van der Waals surface area contributed by atoms with Crippen molar-refractivity contribution in [2.45, 2.75) is 0 Å². The Morgan fingerprint density at radius 1 is 1.67 bits per heavy atom. The first-order valence-electron chi connectivity index (χ1n) is 4.00. The summed E-state index contributed by atoms with van der Waals surface area (Å²) < 4.78 is 5.92. The number of Topliss-reactive ketones (excluding diaryl/α,β-unsaturated/α-hetero) is 1. The van der Waals surface area contributed by atoms with Crippen LogP contribution < -0.4 is 4.74 Å². The fourth-order valence-electron chi connectivity index (χ4n) is 1.18. The molecule has 0 saturated carbocycles. The molecule has 0 aliphatic heterocycles.